The highest BCUT2D eigenvalue weighted by atomic mass is 32.2. The summed E-state index contributed by atoms with van der Waals surface area (Å²) in [6.45, 7) is 8.28. The predicted molar refractivity (Wildman–Crippen MR) is 89.6 cm³/mol. The van der Waals surface area contributed by atoms with E-state index < -0.39 is 0 Å². The molecule has 0 saturated carbocycles. The molecule has 0 spiro atoms. The quantitative estimate of drug-likeness (QED) is 0.479. The summed E-state index contributed by atoms with van der Waals surface area (Å²) < 4.78 is 0.791. The number of rotatable bonds is 7. The molecule has 1 heterocycles. The van der Waals surface area contributed by atoms with Gasteiger partial charge < -0.3 is 5.32 Å². The van der Waals surface area contributed by atoms with Gasteiger partial charge in [-0.05, 0) is 19.4 Å². The zero-order chi connectivity index (χ0) is 15.2. The number of nitrogens with zero attached hydrogens (tertiary/aromatic N) is 2. The smallest absolute Gasteiger partial charge is 0.206 e. The molecule has 1 aromatic heterocycles. The van der Waals surface area contributed by atoms with Crippen LogP contribution in [0.3, 0.4) is 0 Å². The van der Waals surface area contributed by atoms with Crippen molar-refractivity contribution in [3.63, 3.8) is 0 Å². The number of carbonyl (C=O) groups excluding carboxylic acids is 1. The van der Waals surface area contributed by atoms with Crippen molar-refractivity contribution in [2.75, 3.05) is 17.6 Å². The highest BCUT2D eigenvalue weighted by molar-refractivity contribution is 8.01. The fourth-order valence-corrected chi connectivity index (χ4v) is 3.47. The summed E-state index contributed by atoms with van der Waals surface area (Å²) in [5.74, 6) is 0.494. The molecule has 0 saturated heterocycles. The minimum absolute atomic E-state index is 0.119. The van der Waals surface area contributed by atoms with Crippen LogP contribution in [0.4, 0.5) is 5.13 Å². The maximum Gasteiger partial charge on any atom is 0.206 e. The van der Waals surface area contributed by atoms with Gasteiger partial charge in [0.25, 0.3) is 0 Å². The lowest BCUT2D eigenvalue weighted by molar-refractivity contribution is 0.102. The van der Waals surface area contributed by atoms with Crippen molar-refractivity contribution in [3.8, 4) is 0 Å². The molecular weight excluding hydrogens is 302 g/mol. The monoisotopic (exact) mass is 319 g/mol. The molecule has 2 rings (SSSR count). The van der Waals surface area contributed by atoms with Gasteiger partial charge in [0.15, 0.2) is 10.1 Å². The molecule has 21 heavy (non-hydrogen) atoms. The second-order valence-corrected chi connectivity index (χ2v) is 6.77. The van der Waals surface area contributed by atoms with Crippen molar-refractivity contribution in [2.24, 2.45) is 0 Å². The molecule has 1 aromatic carbocycles. The van der Waals surface area contributed by atoms with Crippen molar-refractivity contribution in [1.82, 2.24) is 10.2 Å². The van der Waals surface area contributed by atoms with Gasteiger partial charge >= 0.3 is 0 Å². The van der Waals surface area contributed by atoms with Gasteiger partial charge in [0.05, 0.1) is 5.75 Å². The van der Waals surface area contributed by atoms with Gasteiger partial charge in [0.2, 0.25) is 5.13 Å². The number of carbonyl (C=O) groups is 1. The van der Waals surface area contributed by atoms with Gasteiger partial charge in [0, 0.05) is 12.1 Å². The van der Waals surface area contributed by atoms with Gasteiger partial charge in [0.1, 0.15) is 0 Å². The number of ketones is 1. The molecule has 0 amide bonds. The molecule has 2 aromatic rings. The van der Waals surface area contributed by atoms with Crippen molar-refractivity contribution in [3.05, 3.63) is 47.5 Å². The van der Waals surface area contributed by atoms with E-state index in [1.54, 1.807) is 6.08 Å². The number of nitrogens with one attached hydrogen (secondary N) is 1. The van der Waals surface area contributed by atoms with E-state index in [1.165, 1.54) is 28.7 Å². The van der Waals surface area contributed by atoms with E-state index in [1.807, 2.05) is 32.0 Å². The van der Waals surface area contributed by atoms with E-state index in [4.69, 9.17) is 0 Å². The Kier molecular flexibility index (Phi) is 5.52. The summed E-state index contributed by atoms with van der Waals surface area (Å²) in [7, 11) is 0. The number of thioether (sulfide) groups is 1. The van der Waals surface area contributed by atoms with Crippen LogP contribution in [0.2, 0.25) is 0 Å². The molecule has 0 bridgehead atoms. The number of aromatic nitrogens is 2. The second kappa shape index (κ2) is 7.38. The summed E-state index contributed by atoms with van der Waals surface area (Å²) in [6, 6.07) is 5.89. The van der Waals surface area contributed by atoms with Crippen LogP contribution < -0.4 is 5.32 Å². The molecule has 0 radical (unpaired) electrons. The lowest BCUT2D eigenvalue weighted by atomic mass is 10.0. The average molecular weight is 319 g/mol. The molecule has 6 heteroatoms. The van der Waals surface area contributed by atoms with Gasteiger partial charge in [-0.2, -0.15) is 0 Å². The number of aryl methyl sites for hydroxylation is 2. The number of benzene rings is 1. The highest BCUT2D eigenvalue weighted by Gasteiger charge is 2.12. The standard InChI is InChI=1S/C15H17N3OS2/c1-4-7-16-14-17-18-15(21-14)20-9-13(19)12-6-5-10(2)8-11(12)3/h4-6,8H,1,7,9H2,2-3H3,(H,16,17). The summed E-state index contributed by atoms with van der Waals surface area (Å²) >= 11 is 2.87. The van der Waals surface area contributed by atoms with Crippen LogP contribution in [-0.2, 0) is 0 Å². The fraction of sp³-hybridized carbons (Fsp3) is 0.267. The van der Waals surface area contributed by atoms with Gasteiger partial charge in [-0.25, -0.2) is 0 Å². The summed E-state index contributed by atoms with van der Waals surface area (Å²) in [5, 5.41) is 11.9. The van der Waals surface area contributed by atoms with Crippen LogP contribution in [0, 0.1) is 13.8 Å². The third-order valence-electron chi connectivity index (χ3n) is 2.81. The Morgan fingerprint density at radius 2 is 2.24 bits per heavy atom. The van der Waals surface area contributed by atoms with Crippen LogP contribution in [0.25, 0.3) is 0 Å². The fourth-order valence-electron chi connectivity index (χ4n) is 1.83. The van der Waals surface area contributed by atoms with Crippen LogP contribution in [-0.4, -0.2) is 28.3 Å². The average Bonchev–Trinajstić information content (AvgIpc) is 2.90. The van der Waals surface area contributed by atoms with Crippen LogP contribution in [0.5, 0.6) is 0 Å². The van der Waals surface area contributed by atoms with Crippen LogP contribution in [0.15, 0.2) is 35.2 Å². The second-order valence-electron chi connectivity index (χ2n) is 4.57. The van der Waals surface area contributed by atoms with E-state index in [0.717, 1.165) is 20.6 Å². The number of hydrogen-bond acceptors (Lipinski definition) is 6. The first-order chi connectivity index (χ1) is 10.1. The minimum atomic E-state index is 0.119. The van der Waals surface area contributed by atoms with E-state index in [9.17, 15) is 4.79 Å². The first-order valence-electron chi connectivity index (χ1n) is 6.51. The highest BCUT2D eigenvalue weighted by Crippen LogP contribution is 2.26. The molecular formula is C15H17N3OS2. The van der Waals surface area contributed by atoms with Crippen molar-refractivity contribution < 1.29 is 4.79 Å². The van der Waals surface area contributed by atoms with E-state index in [2.05, 4.69) is 22.1 Å². The SMILES string of the molecule is C=CCNc1nnc(SCC(=O)c2ccc(C)cc2C)s1. The molecule has 0 unspecified atom stereocenters. The Morgan fingerprint density at radius 1 is 1.43 bits per heavy atom. The number of hydrogen-bond donors (Lipinski definition) is 1. The van der Waals surface area contributed by atoms with E-state index in [-0.39, 0.29) is 5.78 Å². The van der Waals surface area contributed by atoms with Gasteiger partial charge in [-0.15, -0.1) is 16.8 Å². The van der Waals surface area contributed by atoms with E-state index in [0.29, 0.717) is 12.3 Å². The number of Topliss-reactive ketones (excluding diaryl/α,β-unsaturated/α-hetero) is 1. The van der Waals surface area contributed by atoms with Gasteiger partial charge in [-0.3, -0.25) is 4.79 Å². The molecule has 0 fully saturated rings. The zero-order valence-corrected chi connectivity index (χ0v) is 13.7. The summed E-state index contributed by atoms with van der Waals surface area (Å²) in [4.78, 5) is 12.2. The minimum Gasteiger partial charge on any atom is -0.357 e. The van der Waals surface area contributed by atoms with Crippen molar-refractivity contribution >= 4 is 34.0 Å². The molecule has 0 aliphatic heterocycles. The third-order valence-corrected chi connectivity index (χ3v) is 4.83. The Balaban J connectivity index is 1.94. The van der Waals surface area contributed by atoms with Crippen LogP contribution >= 0.6 is 23.1 Å². The Labute approximate surface area is 132 Å². The molecule has 0 aliphatic rings. The maximum atomic E-state index is 12.2. The molecule has 4 nitrogen and oxygen atoms in total. The molecule has 0 aliphatic carbocycles. The lowest BCUT2D eigenvalue weighted by Gasteiger charge is -2.04. The Morgan fingerprint density at radius 3 is 2.95 bits per heavy atom. The third kappa shape index (κ3) is 4.41. The maximum absolute atomic E-state index is 12.2. The van der Waals surface area contributed by atoms with Crippen molar-refractivity contribution in [2.45, 2.75) is 18.2 Å². The Hall–Kier alpha value is -1.66. The normalized spacial score (nSPS) is 10.4. The largest absolute Gasteiger partial charge is 0.357 e. The molecule has 1 N–H and O–H groups in total. The first-order valence-corrected chi connectivity index (χ1v) is 8.32. The van der Waals surface area contributed by atoms with E-state index >= 15 is 0 Å². The first kappa shape index (κ1) is 15.7. The topological polar surface area (TPSA) is 54.9 Å². The Bertz CT molecular complexity index is 652. The van der Waals surface area contributed by atoms with Crippen molar-refractivity contribution in [1.29, 1.82) is 0 Å². The lowest BCUT2D eigenvalue weighted by Crippen LogP contribution is -2.04. The van der Waals surface area contributed by atoms with Gasteiger partial charge in [-0.1, -0.05) is 52.9 Å². The molecule has 110 valence electrons. The zero-order valence-electron chi connectivity index (χ0n) is 12.0. The van der Waals surface area contributed by atoms with Crippen LogP contribution in [0.1, 0.15) is 21.5 Å². The summed E-state index contributed by atoms with van der Waals surface area (Å²) in [5.41, 5.74) is 2.97. The predicted octanol–water partition coefficient (Wildman–Crippen LogP) is 3.73. The summed E-state index contributed by atoms with van der Waals surface area (Å²) in [6.07, 6.45) is 1.76. The molecule has 0 atom stereocenters. The number of anilines is 1.